The van der Waals surface area contributed by atoms with E-state index in [1.54, 1.807) is 16.3 Å². The standard InChI is InChI=1S/C18H19BrN2OS/c1-18(2,3)17(22)21-15(12-6-8-13(19)9-7-12)11-14(20-21)16-5-4-10-23-16/h4-10,15H,11H2,1-3H3/t15-/m1/s1. The minimum absolute atomic E-state index is 0.0353. The first-order chi connectivity index (χ1) is 10.9. The summed E-state index contributed by atoms with van der Waals surface area (Å²) < 4.78 is 1.03. The van der Waals surface area contributed by atoms with Crippen molar-refractivity contribution in [3.05, 3.63) is 56.7 Å². The predicted molar refractivity (Wildman–Crippen MR) is 98.7 cm³/mol. The fraction of sp³-hybridized carbons (Fsp3) is 0.333. The van der Waals surface area contributed by atoms with E-state index >= 15 is 0 Å². The molecule has 0 N–H and O–H groups in total. The molecule has 0 spiro atoms. The molecule has 0 aliphatic carbocycles. The highest BCUT2D eigenvalue weighted by Crippen LogP contribution is 2.36. The van der Waals surface area contributed by atoms with Gasteiger partial charge in [0.05, 0.1) is 16.6 Å². The van der Waals surface area contributed by atoms with Gasteiger partial charge in [-0.3, -0.25) is 4.79 Å². The highest BCUT2D eigenvalue weighted by molar-refractivity contribution is 9.10. The number of hydrazone groups is 1. The second kappa shape index (κ2) is 6.21. The first-order valence-electron chi connectivity index (χ1n) is 7.57. The van der Waals surface area contributed by atoms with Gasteiger partial charge in [-0.25, -0.2) is 5.01 Å². The molecule has 1 aliphatic rings. The van der Waals surface area contributed by atoms with Crippen LogP contribution in [0.15, 0.2) is 51.4 Å². The third-order valence-electron chi connectivity index (χ3n) is 3.82. The molecule has 0 saturated carbocycles. The molecule has 3 rings (SSSR count). The van der Waals surface area contributed by atoms with E-state index in [-0.39, 0.29) is 11.9 Å². The molecule has 0 bridgehead atoms. The minimum Gasteiger partial charge on any atom is -0.272 e. The Morgan fingerprint density at radius 3 is 2.52 bits per heavy atom. The van der Waals surface area contributed by atoms with Gasteiger partial charge in [-0.15, -0.1) is 11.3 Å². The molecular weight excluding hydrogens is 372 g/mol. The number of thiophene rings is 1. The maximum atomic E-state index is 12.8. The van der Waals surface area contributed by atoms with Gasteiger partial charge in [-0.2, -0.15) is 5.10 Å². The molecule has 2 heterocycles. The van der Waals surface area contributed by atoms with Crippen LogP contribution in [0.25, 0.3) is 0 Å². The molecule has 1 amide bonds. The zero-order valence-corrected chi connectivity index (χ0v) is 15.8. The molecule has 5 heteroatoms. The van der Waals surface area contributed by atoms with Crippen molar-refractivity contribution in [3.63, 3.8) is 0 Å². The Morgan fingerprint density at radius 1 is 1.26 bits per heavy atom. The van der Waals surface area contributed by atoms with Gasteiger partial charge in [0.2, 0.25) is 5.91 Å². The van der Waals surface area contributed by atoms with E-state index in [0.717, 1.165) is 27.0 Å². The summed E-state index contributed by atoms with van der Waals surface area (Å²) >= 11 is 5.13. The fourth-order valence-corrected chi connectivity index (χ4v) is 3.56. The Labute approximate surface area is 149 Å². The zero-order chi connectivity index (χ0) is 16.6. The van der Waals surface area contributed by atoms with E-state index in [1.807, 2.05) is 44.4 Å². The van der Waals surface area contributed by atoms with Crippen molar-refractivity contribution in [1.29, 1.82) is 0 Å². The molecule has 1 aliphatic heterocycles. The van der Waals surface area contributed by atoms with E-state index in [4.69, 9.17) is 0 Å². The van der Waals surface area contributed by atoms with Gasteiger partial charge in [0.25, 0.3) is 0 Å². The molecular formula is C18H19BrN2OS. The van der Waals surface area contributed by atoms with Gasteiger partial charge in [0.1, 0.15) is 0 Å². The summed E-state index contributed by atoms with van der Waals surface area (Å²) in [6.07, 6.45) is 0.754. The van der Waals surface area contributed by atoms with Gasteiger partial charge < -0.3 is 0 Å². The van der Waals surface area contributed by atoms with Crippen LogP contribution in [0.3, 0.4) is 0 Å². The summed E-state index contributed by atoms with van der Waals surface area (Å²) in [7, 11) is 0. The summed E-state index contributed by atoms with van der Waals surface area (Å²) in [5.41, 5.74) is 1.65. The van der Waals surface area contributed by atoms with Crippen molar-refractivity contribution in [2.24, 2.45) is 10.5 Å². The lowest BCUT2D eigenvalue weighted by Gasteiger charge is -2.28. The summed E-state index contributed by atoms with van der Waals surface area (Å²) in [6, 6.07) is 12.2. The SMILES string of the molecule is CC(C)(C)C(=O)N1N=C(c2cccs2)C[C@@H]1c1ccc(Br)cc1. The van der Waals surface area contributed by atoms with E-state index < -0.39 is 5.41 Å². The normalized spacial score (nSPS) is 18.2. The van der Waals surface area contributed by atoms with Crippen molar-refractivity contribution in [1.82, 2.24) is 5.01 Å². The zero-order valence-electron chi connectivity index (χ0n) is 13.4. The maximum Gasteiger partial charge on any atom is 0.248 e. The molecule has 1 aromatic carbocycles. The number of rotatable bonds is 2. The van der Waals surface area contributed by atoms with Crippen LogP contribution < -0.4 is 0 Å². The van der Waals surface area contributed by atoms with Crippen LogP contribution in [0.2, 0.25) is 0 Å². The molecule has 120 valence electrons. The van der Waals surface area contributed by atoms with Gasteiger partial charge >= 0.3 is 0 Å². The van der Waals surface area contributed by atoms with E-state index in [2.05, 4.69) is 39.2 Å². The van der Waals surface area contributed by atoms with Crippen LogP contribution in [0.4, 0.5) is 0 Å². The highest BCUT2D eigenvalue weighted by atomic mass is 79.9. The minimum atomic E-state index is -0.456. The molecule has 1 atom stereocenters. The van der Waals surface area contributed by atoms with E-state index in [1.165, 1.54) is 0 Å². The number of hydrogen-bond donors (Lipinski definition) is 0. The monoisotopic (exact) mass is 390 g/mol. The lowest BCUT2D eigenvalue weighted by Crippen LogP contribution is -2.36. The number of amides is 1. The largest absolute Gasteiger partial charge is 0.272 e. The Hall–Kier alpha value is -1.46. The summed E-state index contributed by atoms with van der Waals surface area (Å²) in [5, 5.41) is 8.40. The van der Waals surface area contributed by atoms with Crippen LogP contribution >= 0.6 is 27.3 Å². The van der Waals surface area contributed by atoms with Crippen molar-refractivity contribution in [2.45, 2.75) is 33.2 Å². The van der Waals surface area contributed by atoms with Crippen LogP contribution in [0.5, 0.6) is 0 Å². The quantitative estimate of drug-likeness (QED) is 0.690. The second-order valence-electron chi connectivity index (χ2n) is 6.70. The topological polar surface area (TPSA) is 32.7 Å². The van der Waals surface area contributed by atoms with Crippen molar-refractivity contribution in [2.75, 3.05) is 0 Å². The highest BCUT2D eigenvalue weighted by Gasteiger charge is 2.38. The second-order valence-corrected chi connectivity index (χ2v) is 8.56. The Bertz CT molecular complexity index is 729. The first kappa shape index (κ1) is 16.4. The molecule has 1 aromatic heterocycles. The smallest absolute Gasteiger partial charge is 0.248 e. The predicted octanol–water partition coefficient (Wildman–Crippen LogP) is 5.23. The maximum absolute atomic E-state index is 12.8. The average Bonchev–Trinajstić information content (AvgIpc) is 3.15. The summed E-state index contributed by atoms with van der Waals surface area (Å²) in [6.45, 7) is 5.81. The Balaban J connectivity index is 1.98. The average molecular weight is 391 g/mol. The third-order valence-corrected chi connectivity index (χ3v) is 5.27. The molecule has 0 fully saturated rings. The van der Waals surface area contributed by atoms with Crippen molar-refractivity contribution in [3.8, 4) is 0 Å². The van der Waals surface area contributed by atoms with Gasteiger partial charge in [0.15, 0.2) is 0 Å². The van der Waals surface area contributed by atoms with Gasteiger partial charge in [-0.05, 0) is 29.1 Å². The lowest BCUT2D eigenvalue weighted by atomic mass is 9.93. The first-order valence-corrected chi connectivity index (χ1v) is 9.24. The molecule has 3 nitrogen and oxygen atoms in total. The number of halogens is 1. The molecule has 0 saturated heterocycles. The summed E-state index contributed by atoms with van der Waals surface area (Å²) in [4.78, 5) is 14.0. The Kier molecular flexibility index (Phi) is 4.43. The summed E-state index contributed by atoms with van der Waals surface area (Å²) in [5.74, 6) is 0.0528. The van der Waals surface area contributed by atoms with Gasteiger partial charge in [0, 0.05) is 16.3 Å². The van der Waals surface area contributed by atoms with E-state index in [0.29, 0.717) is 0 Å². The van der Waals surface area contributed by atoms with Crippen molar-refractivity contribution >= 4 is 38.9 Å². The molecule has 0 radical (unpaired) electrons. The number of hydrogen-bond acceptors (Lipinski definition) is 3. The molecule has 0 unspecified atom stereocenters. The molecule has 2 aromatic rings. The number of carbonyl (C=O) groups is 1. The third kappa shape index (κ3) is 3.40. The molecule has 23 heavy (non-hydrogen) atoms. The van der Waals surface area contributed by atoms with Crippen LogP contribution in [-0.4, -0.2) is 16.6 Å². The lowest BCUT2D eigenvalue weighted by molar-refractivity contribution is -0.141. The van der Waals surface area contributed by atoms with Crippen molar-refractivity contribution < 1.29 is 4.79 Å². The van der Waals surface area contributed by atoms with Gasteiger partial charge in [-0.1, -0.05) is 54.9 Å². The van der Waals surface area contributed by atoms with Crippen LogP contribution in [-0.2, 0) is 4.79 Å². The number of carbonyl (C=O) groups excluding carboxylic acids is 1. The number of nitrogens with zero attached hydrogens (tertiary/aromatic N) is 2. The van der Waals surface area contributed by atoms with E-state index in [9.17, 15) is 4.79 Å². The number of benzene rings is 1. The Morgan fingerprint density at radius 2 is 1.96 bits per heavy atom. The van der Waals surface area contributed by atoms with Crippen LogP contribution in [0.1, 0.15) is 43.7 Å². The fourth-order valence-electron chi connectivity index (χ4n) is 2.58. The van der Waals surface area contributed by atoms with Crippen LogP contribution in [0, 0.1) is 5.41 Å².